The maximum Gasteiger partial charge on any atom is 0.220 e. The first kappa shape index (κ1) is 14.3. The van der Waals surface area contributed by atoms with E-state index in [1.54, 1.807) is 11.3 Å². The molecule has 0 unspecified atom stereocenters. The van der Waals surface area contributed by atoms with E-state index in [2.05, 4.69) is 10.3 Å². The summed E-state index contributed by atoms with van der Waals surface area (Å²) in [6.07, 6.45) is 0.208. The SMILES string of the molecule is Cc1nc(CNc2ccccc2OCCC(N)=O)cs1. The highest BCUT2D eigenvalue weighted by atomic mass is 32.1. The van der Waals surface area contributed by atoms with Gasteiger partial charge in [-0.05, 0) is 19.1 Å². The Morgan fingerprint density at radius 3 is 2.95 bits per heavy atom. The van der Waals surface area contributed by atoms with E-state index < -0.39 is 0 Å². The molecule has 0 aliphatic heterocycles. The molecule has 1 amide bonds. The quantitative estimate of drug-likeness (QED) is 0.820. The van der Waals surface area contributed by atoms with Crippen molar-refractivity contribution in [1.29, 1.82) is 0 Å². The van der Waals surface area contributed by atoms with E-state index >= 15 is 0 Å². The van der Waals surface area contributed by atoms with Gasteiger partial charge in [-0.25, -0.2) is 4.98 Å². The minimum atomic E-state index is -0.367. The molecule has 0 fully saturated rings. The molecule has 2 aromatic rings. The van der Waals surface area contributed by atoms with Crippen molar-refractivity contribution in [2.45, 2.75) is 19.9 Å². The molecule has 0 radical (unpaired) electrons. The maximum atomic E-state index is 10.7. The van der Waals surface area contributed by atoms with Crippen LogP contribution >= 0.6 is 11.3 Å². The highest BCUT2D eigenvalue weighted by Crippen LogP contribution is 2.24. The van der Waals surface area contributed by atoms with Crippen molar-refractivity contribution in [2.24, 2.45) is 5.73 Å². The topological polar surface area (TPSA) is 77.2 Å². The third-order valence-corrected chi connectivity index (χ3v) is 3.44. The minimum Gasteiger partial charge on any atom is -0.491 e. The van der Waals surface area contributed by atoms with Gasteiger partial charge in [0.1, 0.15) is 5.75 Å². The minimum absolute atomic E-state index is 0.208. The van der Waals surface area contributed by atoms with Crippen LogP contribution in [0.2, 0.25) is 0 Å². The van der Waals surface area contributed by atoms with Gasteiger partial charge in [-0.1, -0.05) is 12.1 Å². The monoisotopic (exact) mass is 291 g/mol. The molecule has 3 N–H and O–H groups in total. The van der Waals surface area contributed by atoms with Gasteiger partial charge < -0.3 is 15.8 Å². The van der Waals surface area contributed by atoms with Crippen molar-refractivity contribution in [3.8, 4) is 5.75 Å². The molecule has 20 heavy (non-hydrogen) atoms. The molecule has 5 nitrogen and oxygen atoms in total. The number of ether oxygens (including phenoxy) is 1. The first-order valence-corrected chi connectivity index (χ1v) is 7.18. The molecule has 106 valence electrons. The highest BCUT2D eigenvalue weighted by molar-refractivity contribution is 7.09. The lowest BCUT2D eigenvalue weighted by atomic mass is 10.3. The predicted octanol–water partition coefficient (Wildman–Crippen LogP) is 2.32. The van der Waals surface area contributed by atoms with E-state index in [0.717, 1.165) is 16.4 Å². The number of aromatic nitrogens is 1. The Balaban J connectivity index is 1.94. The Kier molecular flexibility index (Phi) is 4.95. The summed E-state index contributed by atoms with van der Waals surface area (Å²) in [7, 11) is 0. The Hall–Kier alpha value is -2.08. The van der Waals surface area contributed by atoms with Gasteiger partial charge in [0, 0.05) is 5.38 Å². The van der Waals surface area contributed by atoms with Crippen LogP contribution in [0.3, 0.4) is 0 Å². The number of primary amides is 1. The zero-order chi connectivity index (χ0) is 14.4. The van der Waals surface area contributed by atoms with Gasteiger partial charge in [0.15, 0.2) is 0 Å². The lowest BCUT2D eigenvalue weighted by molar-refractivity contribution is -0.118. The van der Waals surface area contributed by atoms with Gasteiger partial charge in [0.25, 0.3) is 0 Å². The lowest BCUT2D eigenvalue weighted by Crippen LogP contribution is -2.15. The van der Waals surface area contributed by atoms with Gasteiger partial charge in [0.2, 0.25) is 5.91 Å². The normalized spacial score (nSPS) is 10.2. The number of amides is 1. The fourth-order valence-electron chi connectivity index (χ4n) is 1.68. The molecule has 1 heterocycles. The van der Waals surface area contributed by atoms with Crippen LogP contribution in [0, 0.1) is 6.92 Å². The number of carbonyl (C=O) groups is 1. The van der Waals surface area contributed by atoms with E-state index in [0.29, 0.717) is 12.3 Å². The van der Waals surface area contributed by atoms with Crippen molar-refractivity contribution >= 4 is 22.9 Å². The molecule has 1 aromatic carbocycles. The van der Waals surface area contributed by atoms with Gasteiger partial charge >= 0.3 is 0 Å². The maximum absolute atomic E-state index is 10.7. The number of para-hydroxylation sites is 2. The van der Waals surface area contributed by atoms with Gasteiger partial charge in [-0.2, -0.15) is 0 Å². The summed E-state index contributed by atoms with van der Waals surface area (Å²) in [5.41, 5.74) is 6.97. The van der Waals surface area contributed by atoms with Crippen LogP contribution < -0.4 is 15.8 Å². The molecule has 0 bridgehead atoms. The average Bonchev–Trinajstić information content (AvgIpc) is 2.83. The zero-order valence-electron chi connectivity index (χ0n) is 11.3. The number of nitrogens with one attached hydrogen (secondary N) is 1. The number of rotatable bonds is 7. The van der Waals surface area contributed by atoms with Gasteiger partial charge in [-0.3, -0.25) is 4.79 Å². The summed E-state index contributed by atoms with van der Waals surface area (Å²) < 4.78 is 5.56. The van der Waals surface area contributed by atoms with Crippen LogP contribution in [-0.2, 0) is 11.3 Å². The largest absolute Gasteiger partial charge is 0.491 e. The Bertz CT molecular complexity index is 583. The second-order valence-corrected chi connectivity index (χ2v) is 5.33. The van der Waals surface area contributed by atoms with E-state index in [-0.39, 0.29) is 18.9 Å². The number of benzene rings is 1. The number of nitrogens with two attached hydrogens (primary N) is 1. The molecule has 0 saturated carbocycles. The van der Waals surface area contributed by atoms with E-state index in [1.165, 1.54) is 0 Å². The van der Waals surface area contributed by atoms with Crippen LogP contribution in [-0.4, -0.2) is 17.5 Å². The molecule has 0 spiro atoms. The van der Waals surface area contributed by atoms with E-state index in [4.69, 9.17) is 10.5 Å². The molecule has 6 heteroatoms. The Labute approximate surface area is 121 Å². The molecule has 1 aromatic heterocycles. The third-order valence-electron chi connectivity index (χ3n) is 2.62. The predicted molar refractivity (Wildman–Crippen MR) is 79.9 cm³/mol. The molecular weight excluding hydrogens is 274 g/mol. The summed E-state index contributed by atoms with van der Waals surface area (Å²) >= 11 is 1.63. The number of thiazole rings is 1. The van der Waals surface area contributed by atoms with Crippen molar-refractivity contribution < 1.29 is 9.53 Å². The second-order valence-electron chi connectivity index (χ2n) is 4.27. The lowest BCUT2D eigenvalue weighted by Gasteiger charge is -2.12. The number of nitrogens with zero attached hydrogens (tertiary/aromatic N) is 1. The first-order valence-electron chi connectivity index (χ1n) is 6.30. The molecule has 0 aliphatic rings. The second kappa shape index (κ2) is 6.91. The number of carbonyl (C=O) groups excluding carboxylic acids is 1. The van der Waals surface area contributed by atoms with Gasteiger partial charge in [0.05, 0.1) is 36.0 Å². The van der Waals surface area contributed by atoms with Gasteiger partial charge in [-0.15, -0.1) is 11.3 Å². The molecule has 0 aliphatic carbocycles. The Morgan fingerprint density at radius 2 is 2.25 bits per heavy atom. The van der Waals surface area contributed by atoms with Crippen molar-refractivity contribution in [2.75, 3.05) is 11.9 Å². The number of hydrogen-bond donors (Lipinski definition) is 2. The summed E-state index contributed by atoms with van der Waals surface area (Å²) in [6.45, 7) is 2.90. The van der Waals surface area contributed by atoms with Crippen molar-refractivity contribution in [1.82, 2.24) is 4.98 Å². The Morgan fingerprint density at radius 1 is 1.45 bits per heavy atom. The number of aryl methyl sites for hydroxylation is 1. The van der Waals surface area contributed by atoms with Crippen molar-refractivity contribution in [3.05, 3.63) is 40.3 Å². The van der Waals surface area contributed by atoms with Crippen LogP contribution in [0.15, 0.2) is 29.6 Å². The smallest absolute Gasteiger partial charge is 0.220 e. The van der Waals surface area contributed by atoms with Crippen LogP contribution in [0.5, 0.6) is 5.75 Å². The average molecular weight is 291 g/mol. The fraction of sp³-hybridized carbons (Fsp3) is 0.286. The summed E-state index contributed by atoms with van der Waals surface area (Å²) in [5, 5.41) is 6.36. The molecule has 0 atom stereocenters. The van der Waals surface area contributed by atoms with E-state index in [1.807, 2.05) is 36.6 Å². The number of anilines is 1. The summed E-state index contributed by atoms with van der Waals surface area (Å²) in [4.78, 5) is 15.1. The fourth-order valence-corrected chi connectivity index (χ4v) is 2.29. The molecule has 0 saturated heterocycles. The van der Waals surface area contributed by atoms with Crippen LogP contribution in [0.4, 0.5) is 5.69 Å². The van der Waals surface area contributed by atoms with Crippen LogP contribution in [0.1, 0.15) is 17.1 Å². The zero-order valence-corrected chi connectivity index (χ0v) is 12.1. The van der Waals surface area contributed by atoms with Crippen LogP contribution in [0.25, 0.3) is 0 Å². The highest BCUT2D eigenvalue weighted by Gasteiger charge is 2.05. The first-order chi connectivity index (χ1) is 9.65. The third kappa shape index (κ3) is 4.24. The van der Waals surface area contributed by atoms with E-state index in [9.17, 15) is 4.79 Å². The summed E-state index contributed by atoms with van der Waals surface area (Å²) in [6, 6.07) is 7.60. The number of hydrogen-bond acceptors (Lipinski definition) is 5. The molecular formula is C14H17N3O2S. The molecule has 2 rings (SSSR count). The standard InChI is InChI=1S/C14H17N3O2S/c1-10-17-11(9-20-10)8-16-12-4-2-3-5-13(12)19-7-6-14(15)18/h2-5,9,16H,6-8H2,1H3,(H2,15,18). The van der Waals surface area contributed by atoms with Crippen molar-refractivity contribution in [3.63, 3.8) is 0 Å². The summed E-state index contributed by atoms with van der Waals surface area (Å²) in [5.74, 6) is 0.342.